The fraction of sp³-hybridized carbons (Fsp3) is 0. The van der Waals surface area contributed by atoms with E-state index in [-0.39, 0.29) is 5.56 Å². The predicted molar refractivity (Wildman–Crippen MR) is 65.5 cm³/mol. The van der Waals surface area contributed by atoms with Crippen LogP contribution in [0.4, 0.5) is 0 Å². The lowest BCUT2D eigenvalue weighted by atomic mass is 10.1. The van der Waals surface area contributed by atoms with E-state index in [1.54, 1.807) is 6.20 Å². The van der Waals surface area contributed by atoms with Gasteiger partial charge in [-0.3, -0.25) is 4.79 Å². The molecule has 0 fully saturated rings. The van der Waals surface area contributed by atoms with Crippen molar-refractivity contribution >= 4 is 21.5 Å². The Morgan fingerprint density at radius 3 is 2.19 bits per heavy atom. The van der Waals surface area contributed by atoms with Gasteiger partial charge >= 0.3 is 0 Å². The Bertz CT molecular complexity index is 734. The smallest absolute Gasteiger partial charge is 0.267 e. The van der Waals surface area contributed by atoms with Crippen LogP contribution < -0.4 is 5.56 Å². The molecule has 0 amide bonds. The van der Waals surface area contributed by atoms with E-state index in [9.17, 15) is 4.79 Å². The first kappa shape index (κ1) is 9.04. The summed E-state index contributed by atoms with van der Waals surface area (Å²) in [4.78, 5) is 15.7. The van der Waals surface area contributed by atoms with Crippen LogP contribution in [0.2, 0.25) is 0 Å². The van der Waals surface area contributed by atoms with Crippen molar-refractivity contribution in [1.82, 2.24) is 4.98 Å². The van der Waals surface area contributed by atoms with E-state index in [1.165, 1.54) is 0 Å². The van der Waals surface area contributed by atoms with Crippen LogP contribution in [-0.2, 0) is 0 Å². The zero-order valence-corrected chi connectivity index (χ0v) is 8.55. The molecule has 16 heavy (non-hydrogen) atoms. The summed E-state index contributed by atoms with van der Waals surface area (Å²) in [6.45, 7) is 0. The van der Waals surface area contributed by atoms with Gasteiger partial charge in [-0.25, -0.2) is 4.98 Å². The average Bonchev–Trinajstić information content (AvgIpc) is 2.49. The highest BCUT2D eigenvalue weighted by Crippen LogP contribution is 2.20. The molecule has 0 unspecified atom stereocenters. The molecule has 0 aliphatic rings. The highest BCUT2D eigenvalue weighted by molar-refractivity contribution is 6.05. The van der Waals surface area contributed by atoms with Crippen LogP contribution in [0.3, 0.4) is 0 Å². The summed E-state index contributed by atoms with van der Waals surface area (Å²) < 4.78 is 0. The Balaban J connectivity index is 2.74. The number of rotatable bonds is 0. The molecule has 1 aromatic heterocycles. The fourth-order valence-corrected chi connectivity index (χ4v) is 1.96. The molecule has 2 aromatic carbocycles. The SMILES string of the molecule is O=c1ncc2ccccc2c2ccccc12. The number of aromatic nitrogens is 1. The van der Waals surface area contributed by atoms with Crippen molar-refractivity contribution in [2.75, 3.05) is 0 Å². The number of hydrogen-bond donors (Lipinski definition) is 0. The Morgan fingerprint density at radius 2 is 1.38 bits per heavy atom. The van der Waals surface area contributed by atoms with Crippen LogP contribution in [0.5, 0.6) is 0 Å². The molecular weight excluding hydrogens is 198 g/mol. The standard InChI is InChI=1S/C14H9NO/c16-14-13-8-4-3-7-12(13)11-6-2-1-5-10(11)9-15-14/h1-9H. The van der Waals surface area contributed by atoms with Gasteiger partial charge in [-0.2, -0.15) is 0 Å². The molecule has 0 bridgehead atoms. The van der Waals surface area contributed by atoms with Crippen LogP contribution in [0.15, 0.2) is 59.5 Å². The van der Waals surface area contributed by atoms with Crippen molar-refractivity contribution in [2.24, 2.45) is 0 Å². The maximum atomic E-state index is 11.8. The zero-order chi connectivity index (χ0) is 11.0. The molecule has 0 aliphatic carbocycles. The van der Waals surface area contributed by atoms with Gasteiger partial charge < -0.3 is 0 Å². The summed E-state index contributed by atoms with van der Waals surface area (Å²) >= 11 is 0. The number of hydrogen-bond acceptors (Lipinski definition) is 2. The monoisotopic (exact) mass is 207 g/mol. The van der Waals surface area contributed by atoms with Crippen molar-refractivity contribution in [3.8, 4) is 0 Å². The Kier molecular flexibility index (Phi) is 1.93. The van der Waals surface area contributed by atoms with E-state index < -0.39 is 0 Å². The summed E-state index contributed by atoms with van der Waals surface area (Å²) in [6.07, 6.45) is 1.64. The zero-order valence-electron chi connectivity index (χ0n) is 8.55. The molecule has 2 nitrogen and oxygen atoms in total. The van der Waals surface area contributed by atoms with Gasteiger partial charge in [0, 0.05) is 17.0 Å². The van der Waals surface area contributed by atoms with Gasteiger partial charge in [0.05, 0.1) is 0 Å². The maximum Gasteiger partial charge on any atom is 0.277 e. The summed E-state index contributed by atoms with van der Waals surface area (Å²) in [5, 5.41) is 3.68. The molecule has 3 aromatic rings. The molecule has 2 heteroatoms. The molecule has 0 saturated carbocycles. The quantitative estimate of drug-likeness (QED) is 0.567. The molecule has 0 spiro atoms. The first-order valence-electron chi connectivity index (χ1n) is 5.13. The van der Waals surface area contributed by atoms with Crippen molar-refractivity contribution < 1.29 is 0 Å². The minimum Gasteiger partial charge on any atom is -0.267 e. The lowest BCUT2D eigenvalue weighted by Crippen LogP contribution is -2.00. The number of benzene rings is 2. The molecule has 0 saturated heterocycles. The second kappa shape index (κ2) is 3.42. The van der Waals surface area contributed by atoms with E-state index >= 15 is 0 Å². The van der Waals surface area contributed by atoms with E-state index in [1.807, 2.05) is 48.5 Å². The van der Waals surface area contributed by atoms with Crippen LogP contribution >= 0.6 is 0 Å². The van der Waals surface area contributed by atoms with Crippen molar-refractivity contribution in [2.45, 2.75) is 0 Å². The summed E-state index contributed by atoms with van der Waals surface area (Å²) in [6, 6.07) is 15.5. The second-order valence-electron chi connectivity index (χ2n) is 3.70. The van der Waals surface area contributed by atoms with Gasteiger partial charge in [-0.05, 0) is 16.8 Å². The van der Waals surface area contributed by atoms with Gasteiger partial charge in [0.2, 0.25) is 0 Å². The average molecular weight is 207 g/mol. The van der Waals surface area contributed by atoms with E-state index in [4.69, 9.17) is 0 Å². The Hall–Kier alpha value is -2.22. The van der Waals surface area contributed by atoms with Gasteiger partial charge in [0.25, 0.3) is 5.56 Å². The summed E-state index contributed by atoms with van der Waals surface area (Å²) in [5.74, 6) is 0. The molecule has 0 radical (unpaired) electrons. The third kappa shape index (κ3) is 1.27. The van der Waals surface area contributed by atoms with Gasteiger partial charge in [-0.1, -0.05) is 42.5 Å². The Labute approximate surface area is 92.2 Å². The molecule has 0 atom stereocenters. The molecule has 3 rings (SSSR count). The van der Waals surface area contributed by atoms with E-state index in [0.717, 1.165) is 16.2 Å². The fourth-order valence-electron chi connectivity index (χ4n) is 1.96. The van der Waals surface area contributed by atoms with Gasteiger partial charge in [-0.15, -0.1) is 0 Å². The van der Waals surface area contributed by atoms with Crippen LogP contribution in [0.1, 0.15) is 0 Å². The predicted octanol–water partition coefficient (Wildman–Crippen LogP) is 2.75. The van der Waals surface area contributed by atoms with Crippen LogP contribution in [-0.4, -0.2) is 4.98 Å². The molecule has 0 N–H and O–H groups in total. The van der Waals surface area contributed by atoms with Gasteiger partial charge in [0.1, 0.15) is 0 Å². The molecule has 1 heterocycles. The topological polar surface area (TPSA) is 30.0 Å². The highest BCUT2D eigenvalue weighted by atomic mass is 16.1. The van der Waals surface area contributed by atoms with Crippen molar-refractivity contribution in [3.05, 3.63) is 65.1 Å². The minimum atomic E-state index is -0.174. The summed E-state index contributed by atoms with van der Waals surface area (Å²) in [5.41, 5.74) is -0.174. The molecular formula is C14H9NO. The number of fused-ring (bicyclic) bond motifs is 3. The number of nitrogens with zero attached hydrogens (tertiary/aromatic N) is 1. The van der Waals surface area contributed by atoms with E-state index in [0.29, 0.717) is 5.39 Å². The Morgan fingerprint density at radius 1 is 0.750 bits per heavy atom. The van der Waals surface area contributed by atoms with Crippen molar-refractivity contribution in [1.29, 1.82) is 0 Å². The minimum absolute atomic E-state index is 0.174. The van der Waals surface area contributed by atoms with Gasteiger partial charge in [0.15, 0.2) is 0 Å². The van der Waals surface area contributed by atoms with Crippen LogP contribution in [0.25, 0.3) is 21.5 Å². The normalized spacial score (nSPS) is 10.8. The largest absolute Gasteiger partial charge is 0.277 e. The second-order valence-corrected chi connectivity index (χ2v) is 3.70. The van der Waals surface area contributed by atoms with E-state index in [2.05, 4.69) is 4.98 Å². The third-order valence-electron chi connectivity index (χ3n) is 2.73. The summed E-state index contributed by atoms with van der Waals surface area (Å²) in [7, 11) is 0. The van der Waals surface area contributed by atoms with Crippen LogP contribution in [0, 0.1) is 0 Å². The highest BCUT2D eigenvalue weighted by Gasteiger charge is 2.00. The van der Waals surface area contributed by atoms with Crippen molar-refractivity contribution in [3.63, 3.8) is 0 Å². The first-order chi connectivity index (χ1) is 7.86. The third-order valence-corrected chi connectivity index (χ3v) is 2.73. The molecule has 0 aliphatic heterocycles. The first-order valence-corrected chi connectivity index (χ1v) is 5.13. The lowest BCUT2D eigenvalue weighted by molar-refractivity contribution is 1.31. The maximum absolute atomic E-state index is 11.8. The lowest BCUT2D eigenvalue weighted by Gasteiger charge is -1.95. The molecule has 76 valence electrons.